The fourth-order valence-corrected chi connectivity index (χ4v) is 1.54. The third-order valence-corrected chi connectivity index (χ3v) is 2.05. The Labute approximate surface area is 80.7 Å². The van der Waals surface area contributed by atoms with Gasteiger partial charge in [0.1, 0.15) is 0 Å². The molecule has 2 nitrogen and oxygen atoms in total. The summed E-state index contributed by atoms with van der Waals surface area (Å²) in [6.45, 7) is 8.96. The summed E-state index contributed by atoms with van der Waals surface area (Å²) >= 11 is 0. The van der Waals surface area contributed by atoms with Crippen LogP contribution in [-0.4, -0.2) is 10.2 Å². The SMILES string of the molecule is CC(C)Cc1cn[nH]c1CC(C)C. The van der Waals surface area contributed by atoms with E-state index >= 15 is 0 Å². The van der Waals surface area contributed by atoms with Crippen LogP contribution in [0.15, 0.2) is 6.20 Å². The van der Waals surface area contributed by atoms with Crippen molar-refractivity contribution in [2.24, 2.45) is 11.8 Å². The average molecular weight is 180 g/mol. The van der Waals surface area contributed by atoms with Gasteiger partial charge in [0.05, 0.1) is 6.20 Å². The number of rotatable bonds is 4. The molecule has 0 unspecified atom stereocenters. The average Bonchev–Trinajstić information content (AvgIpc) is 2.34. The van der Waals surface area contributed by atoms with E-state index in [1.165, 1.54) is 11.3 Å². The van der Waals surface area contributed by atoms with Gasteiger partial charge in [0.2, 0.25) is 0 Å². The lowest BCUT2D eigenvalue weighted by Gasteiger charge is -2.07. The van der Waals surface area contributed by atoms with E-state index in [4.69, 9.17) is 0 Å². The molecule has 0 aliphatic carbocycles. The highest BCUT2D eigenvalue weighted by Gasteiger charge is 2.08. The van der Waals surface area contributed by atoms with Crippen LogP contribution in [0.2, 0.25) is 0 Å². The Morgan fingerprint density at radius 2 is 1.77 bits per heavy atom. The second kappa shape index (κ2) is 4.45. The molecular weight excluding hydrogens is 160 g/mol. The maximum absolute atomic E-state index is 4.10. The molecule has 0 aliphatic rings. The second-order valence-corrected chi connectivity index (χ2v) is 4.57. The predicted molar refractivity (Wildman–Crippen MR) is 55.7 cm³/mol. The van der Waals surface area contributed by atoms with Crippen molar-refractivity contribution in [3.63, 3.8) is 0 Å². The molecule has 0 aliphatic heterocycles. The molecular formula is C11H20N2. The third-order valence-electron chi connectivity index (χ3n) is 2.05. The summed E-state index contributed by atoms with van der Waals surface area (Å²) in [5.74, 6) is 1.41. The van der Waals surface area contributed by atoms with Gasteiger partial charge >= 0.3 is 0 Å². The van der Waals surface area contributed by atoms with E-state index in [0.717, 1.165) is 12.8 Å². The van der Waals surface area contributed by atoms with Crippen LogP contribution in [0, 0.1) is 11.8 Å². The van der Waals surface area contributed by atoms with Crippen LogP contribution < -0.4 is 0 Å². The van der Waals surface area contributed by atoms with Gasteiger partial charge in [-0.1, -0.05) is 27.7 Å². The van der Waals surface area contributed by atoms with Crippen LogP contribution in [0.4, 0.5) is 0 Å². The number of nitrogens with one attached hydrogen (secondary N) is 1. The largest absolute Gasteiger partial charge is 0.282 e. The van der Waals surface area contributed by atoms with Gasteiger partial charge in [-0.3, -0.25) is 5.10 Å². The summed E-state index contributed by atoms with van der Waals surface area (Å²) < 4.78 is 0. The Morgan fingerprint density at radius 1 is 1.15 bits per heavy atom. The highest BCUT2D eigenvalue weighted by molar-refractivity contribution is 5.17. The number of nitrogens with zero attached hydrogens (tertiary/aromatic N) is 1. The highest BCUT2D eigenvalue weighted by atomic mass is 15.1. The van der Waals surface area contributed by atoms with E-state index in [0.29, 0.717) is 11.8 Å². The van der Waals surface area contributed by atoms with E-state index < -0.39 is 0 Å². The minimum Gasteiger partial charge on any atom is -0.282 e. The molecule has 0 spiro atoms. The number of hydrogen-bond acceptors (Lipinski definition) is 1. The summed E-state index contributed by atoms with van der Waals surface area (Å²) in [4.78, 5) is 0. The summed E-state index contributed by atoms with van der Waals surface area (Å²) in [5, 5.41) is 7.20. The van der Waals surface area contributed by atoms with Crippen molar-refractivity contribution in [1.29, 1.82) is 0 Å². The fourth-order valence-electron chi connectivity index (χ4n) is 1.54. The molecule has 0 amide bonds. The van der Waals surface area contributed by atoms with Crippen LogP contribution in [0.25, 0.3) is 0 Å². The summed E-state index contributed by atoms with van der Waals surface area (Å²) in [7, 11) is 0. The van der Waals surface area contributed by atoms with E-state index in [9.17, 15) is 0 Å². The first-order valence-corrected chi connectivity index (χ1v) is 5.10. The lowest BCUT2D eigenvalue weighted by Crippen LogP contribution is -2.01. The van der Waals surface area contributed by atoms with Crippen molar-refractivity contribution in [3.8, 4) is 0 Å². The van der Waals surface area contributed by atoms with Crippen LogP contribution in [0.3, 0.4) is 0 Å². The molecule has 1 N–H and O–H groups in total. The Bertz CT molecular complexity index is 224. The fraction of sp³-hybridized carbons (Fsp3) is 0.727. The van der Waals surface area contributed by atoms with E-state index in [1.807, 2.05) is 6.20 Å². The zero-order valence-electron chi connectivity index (χ0n) is 9.09. The Balaban J connectivity index is 2.65. The molecule has 1 heterocycles. The monoisotopic (exact) mass is 180 g/mol. The molecule has 0 saturated heterocycles. The number of H-pyrrole nitrogens is 1. The lowest BCUT2D eigenvalue weighted by molar-refractivity contribution is 0.609. The first-order valence-electron chi connectivity index (χ1n) is 5.10. The Kier molecular flexibility index (Phi) is 3.52. The Morgan fingerprint density at radius 3 is 2.31 bits per heavy atom. The molecule has 0 atom stereocenters. The van der Waals surface area contributed by atoms with Crippen molar-refractivity contribution < 1.29 is 0 Å². The van der Waals surface area contributed by atoms with Gasteiger partial charge in [0.15, 0.2) is 0 Å². The van der Waals surface area contributed by atoms with Gasteiger partial charge < -0.3 is 0 Å². The Hall–Kier alpha value is -0.790. The van der Waals surface area contributed by atoms with Crippen LogP contribution in [0.1, 0.15) is 39.0 Å². The minimum absolute atomic E-state index is 0.700. The van der Waals surface area contributed by atoms with Gasteiger partial charge in [-0.2, -0.15) is 5.10 Å². The van der Waals surface area contributed by atoms with Gasteiger partial charge in [-0.05, 0) is 30.2 Å². The molecule has 0 fully saturated rings. The first-order chi connectivity index (χ1) is 6.09. The summed E-state index contributed by atoms with van der Waals surface area (Å²) in [5.41, 5.74) is 2.72. The highest BCUT2D eigenvalue weighted by Crippen LogP contribution is 2.14. The summed E-state index contributed by atoms with van der Waals surface area (Å²) in [6, 6.07) is 0. The zero-order chi connectivity index (χ0) is 9.84. The maximum atomic E-state index is 4.10. The maximum Gasteiger partial charge on any atom is 0.0522 e. The van der Waals surface area contributed by atoms with Crippen molar-refractivity contribution in [2.75, 3.05) is 0 Å². The summed E-state index contributed by atoms with van der Waals surface area (Å²) in [6.07, 6.45) is 4.22. The minimum atomic E-state index is 0.700. The number of aromatic nitrogens is 2. The van der Waals surface area contributed by atoms with Crippen molar-refractivity contribution >= 4 is 0 Å². The number of hydrogen-bond donors (Lipinski definition) is 1. The standard InChI is InChI=1S/C11H20N2/c1-8(2)5-10-7-12-13-11(10)6-9(3)4/h7-9H,5-6H2,1-4H3,(H,12,13). The van der Waals surface area contributed by atoms with E-state index in [-0.39, 0.29) is 0 Å². The van der Waals surface area contributed by atoms with Crippen molar-refractivity contribution in [3.05, 3.63) is 17.5 Å². The first kappa shape index (κ1) is 10.3. The molecule has 74 valence electrons. The molecule has 0 radical (unpaired) electrons. The molecule has 0 aromatic carbocycles. The number of aromatic amines is 1. The van der Waals surface area contributed by atoms with E-state index in [1.54, 1.807) is 0 Å². The van der Waals surface area contributed by atoms with Crippen molar-refractivity contribution in [1.82, 2.24) is 10.2 Å². The molecule has 0 saturated carbocycles. The van der Waals surface area contributed by atoms with Gasteiger partial charge in [0, 0.05) is 5.69 Å². The van der Waals surface area contributed by atoms with Gasteiger partial charge in [-0.15, -0.1) is 0 Å². The molecule has 1 aromatic rings. The van der Waals surface area contributed by atoms with Crippen LogP contribution in [0.5, 0.6) is 0 Å². The van der Waals surface area contributed by atoms with Crippen LogP contribution in [-0.2, 0) is 12.8 Å². The molecule has 1 rings (SSSR count). The molecule has 2 heteroatoms. The topological polar surface area (TPSA) is 28.7 Å². The zero-order valence-corrected chi connectivity index (χ0v) is 9.09. The second-order valence-electron chi connectivity index (χ2n) is 4.57. The smallest absolute Gasteiger partial charge is 0.0522 e. The molecule has 0 bridgehead atoms. The lowest BCUT2D eigenvalue weighted by atomic mass is 9.99. The quantitative estimate of drug-likeness (QED) is 0.758. The van der Waals surface area contributed by atoms with Gasteiger partial charge in [0.25, 0.3) is 0 Å². The predicted octanol–water partition coefficient (Wildman–Crippen LogP) is 2.81. The normalized spacial score (nSPS) is 11.5. The third kappa shape index (κ3) is 3.21. The van der Waals surface area contributed by atoms with Crippen molar-refractivity contribution in [2.45, 2.75) is 40.5 Å². The van der Waals surface area contributed by atoms with E-state index in [2.05, 4.69) is 37.9 Å². The van der Waals surface area contributed by atoms with Gasteiger partial charge in [-0.25, -0.2) is 0 Å². The molecule has 13 heavy (non-hydrogen) atoms. The molecule has 1 aromatic heterocycles. The van der Waals surface area contributed by atoms with Crippen LogP contribution >= 0.6 is 0 Å².